The van der Waals surface area contributed by atoms with Crippen LogP contribution < -0.4 is 10.1 Å². The summed E-state index contributed by atoms with van der Waals surface area (Å²) in [6, 6.07) is 9.68. The van der Waals surface area contributed by atoms with Gasteiger partial charge in [-0.2, -0.15) is 5.10 Å². The first-order valence-electron chi connectivity index (χ1n) is 6.93. The Morgan fingerprint density at radius 2 is 1.86 bits per heavy atom. The number of benzene rings is 2. The SMILES string of the molecule is COc1ccc(C)c(Nc2c(Cl)ccc3ccnnc23)c1C. The number of rotatable bonds is 3. The van der Waals surface area contributed by atoms with E-state index in [1.165, 1.54) is 0 Å². The number of aryl methyl sites for hydroxylation is 1. The molecule has 0 saturated heterocycles. The standard InChI is InChI=1S/C17H16ClN3O/c1-10-4-7-14(22-3)11(2)15(10)20-17-13(18)6-5-12-8-9-19-21-16(12)17/h4-9,20H,1-3H3. The van der Waals surface area contributed by atoms with Gasteiger partial charge in [-0.1, -0.05) is 23.7 Å². The van der Waals surface area contributed by atoms with Crippen molar-refractivity contribution in [3.63, 3.8) is 0 Å². The zero-order valence-corrected chi connectivity index (χ0v) is 13.4. The molecule has 3 aromatic rings. The third-order valence-electron chi connectivity index (χ3n) is 3.73. The van der Waals surface area contributed by atoms with E-state index < -0.39 is 0 Å². The van der Waals surface area contributed by atoms with Crippen molar-refractivity contribution in [1.82, 2.24) is 10.2 Å². The molecule has 0 saturated carbocycles. The largest absolute Gasteiger partial charge is 0.496 e. The fourth-order valence-electron chi connectivity index (χ4n) is 2.51. The predicted octanol–water partition coefficient (Wildman–Crippen LogP) is 4.65. The second-order valence-corrected chi connectivity index (χ2v) is 5.51. The molecule has 0 aliphatic heterocycles. The molecule has 5 heteroatoms. The van der Waals surface area contributed by atoms with Gasteiger partial charge in [0.15, 0.2) is 0 Å². The van der Waals surface area contributed by atoms with Gasteiger partial charge in [0, 0.05) is 16.6 Å². The van der Waals surface area contributed by atoms with E-state index >= 15 is 0 Å². The highest BCUT2D eigenvalue weighted by atomic mass is 35.5. The van der Waals surface area contributed by atoms with Crippen molar-refractivity contribution in [2.75, 3.05) is 12.4 Å². The number of nitrogens with zero attached hydrogens (tertiary/aromatic N) is 2. The first kappa shape index (κ1) is 14.6. The number of ether oxygens (including phenoxy) is 1. The summed E-state index contributed by atoms with van der Waals surface area (Å²) >= 11 is 6.37. The molecule has 1 aromatic heterocycles. The second-order valence-electron chi connectivity index (χ2n) is 5.10. The summed E-state index contributed by atoms with van der Waals surface area (Å²) in [6.45, 7) is 4.05. The Kier molecular flexibility index (Phi) is 3.86. The van der Waals surface area contributed by atoms with Gasteiger partial charge in [-0.3, -0.25) is 0 Å². The molecule has 112 valence electrons. The van der Waals surface area contributed by atoms with Crippen molar-refractivity contribution in [3.05, 3.63) is 52.7 Å². The van der Waals surface area contributed by atoms with Gasteiger partial charge in [-0.05, 0) is 37.6 Å². The zero-order chi connectivity index (χ0) is 15.7. The summed E-state index contributed by atoms with van der Waals surface area (Å²) < 4.78 is 5.40. The minimum atomic E-state index is 0.606. The molecule has 0 unspecified atom stereocenters. The van der Waals surface area contributed by atoms with Crippen LogP contribution in [0.4, 0.5) is 11.4 Å². The number of nitrogens with one attached hydrogen (secondary N) is 1. The van der Waals surface area contributed by atoms with E-state index in [-0.39, 0.29) is 0 Å². The Morgan fingerprint density at radius 1 is 1.05 bits per heavy atom. The number of aromatic nitrogens is 2. The third-order valence-corrected chi connectivity index (χ3v) is 4.05. The highest BCUT2D eigenvalue weighted by molar-refractivity contribution is 6.35. The van der Waals surface area contributed by atoms with Crippen LogP contribution in [0, 0.1) is 13.8 Å². The molecular formula is C17H16ClN3O. The van der Waals surface area contributed by atoms with Crippen molar-refractivity contribution in [1.29, 1.82) is 0 Å². The predicted molar refractivity (Wildman–Crippen MR) is 90.3 cm³/mol. The van der Waals surface area contributed by atoms with E-state index in [9.17, 15) is 0 Å². The number of methoxy groups -OCH3 is 1. The van der Waals surface area contributed by atoms with Gasteiger partial charge < -0.3 is 10.1 Å². The average molecular weight is 314 g/mol. The molecule has 0 aliphatic rings. The normalized spacial score (nSPS) is 10.7. The number of hydrogen-bond donors (Lipinski definition) is 1. The number of halogens is 1. The smallest absolute Gasteiger partial charge is 0.123 e. The fraction of sp³-hybridized carbons (Fsp3) is 0.176. The van der Waals surface area contributed by atoms with Gasteiger partial charge in [0.1, 0.15) is 11.3 Å². The van der Waals surface area contributed by atoms with Gasteiger partial charge in [0.05, 0.1) is 24.0 Å². The van der Waals surface area contributed by atoms with Crippen molar-refractivity contribution in [3.8, 4) is 5.75 Å². The van der Waals surface area contributed by atoms with Crippen LogP contribution in [0.1, 0.15) is 11.1 Å². The molecule has 1 heterocycles. The molecule has 2 aromatic carbocycles. The maximum absolute atomic E-state index is 6.37. The van der Waals surface area contributed by atoms with Crippen LogP contribution in [0.25, 0.3) is 10.9 Å². The minimum absolute atomic E-state index is 0.606. The Balaban J connectivity index is 2.17. The van der Waals surface area contributed by atoms with Crippen LogP contribution in [0.3, 0.4) is 0 Å². The van der Waals surface area contributed by atoms with E-state index in [2.05, 4.69) is 15.5 Å². The molecule has 22 heavy (non-hydrogen) atoms. The molecule has 1 N–H and O–H groups in total. The van der Waals surface area contributed by atoms with E-state index in [4.69, 9.17) is 16.3 Å². The van der Waals surface area contributed by atoms with E-state index in [1.54, 1.807) is 13.3 Å². The monoisotopic (exact) mass is 313 g/mol. The molecule has 0 spiro atoms. The van der Waals surface area contributed by atoms with Crippen molar-refractivity contribution >= 4 is 33.9 Å². The van der Waals surface area contributed by atoms with Crippen LogP contribution >= 0.6 is 11.6 Å². The Labute approximate surface area is 134 Å². The van der Waals surface area contributed by atoms with E-state index in [0.29, 0.717) is 5.02 Å². The molecule has 0 fully saturated rings. The quantitative estimate of drug-likeness (QED) is 0.764. The number of fused-ring (bicyclic) bond motifs is 1. The molecule has 4 nitrogen and oxygen atoms in total. The maximum atomic E-state index is 6.37. The van der Waals surface area contributed by atoms with E-state index in [1.807, 2.05) is 44.2 Å². The van der Waals surface area contributed by atoms with Gasteiger partial charge in [-0.25, -0.2) is 0 Å². The lowest BCUT2D eigenvalue weighted by molar-refractivity contribution is 0.412. The summed E-state index contributed by atoms with van der Waals surface area (Å²) in [7, 11) is 1.66. The molecule has 0 radical (unpaired) electrons. The second kappa shape index (κ2) is 5.81. The zero-order valence-electron chi connectivity index (χ0n) is 12.6. The Bertz CT molecular complexity index is 849. The average Bonchev–Trinajstić information content (AvgIpc) is 2.53. The van der Waals surface area contributed by atoms with Crippen LogP contribution in [0.2, 0.25) is 5.02 Å². The molecule has 0 amide bonds. The van der Waals surface area contributed by atoms with Gasteiger partial charge >= 0.3 is 0 Å². The Hall–Kier alpha value is -2.33. The Morgan fingerprint density at radius 3 is 2.64 bits per heavy atom. The molecule has 0 bridgehead atoms. The summed E-state index contributed by atoms with van der Waals surface area (Å²) in [5.74, 6) is 0.829. The first-order valence-corrected chi connectivity index (χ1v) is 7.30. The molecular weight excluding hydrogens is 298 g/mol. The van der Waals surface area contributed by atoms with E-state index in [0.717, 1.165) is 39.2 Å². The maximum Gasteiger partial charge on any atom is 0.123 e. The van der Waals surface area contributed by atoms with Gasteiger partial charge in [0.2, 0.25) is 0 Å². The lowest BCUT2D eigenvalue weighted by Gasteiger charge is -2.17. The third kappa shape index (κ3) is 2.46. The van der Waals surface area contributed by atoms with Crippen LogP contribution in [0.5, 0.6) is 5.75 Å². The highest BCUT2D eigenvalue weighted by Gasteiger charge is 2.13. The van der Waals surface area contributed by atoms with Crippen molar-refractivity contribution in [2.24, 2.45) is 0 Å². The van der Waals surface area contributed by atoms with Crippen LogP contribution in [-0.4, -0.2) is 17.3 Å². The minimum Gasteiger partial charge on any atom is -0.496 e. The first-order chi connectivity index (χ1) is 10.6. The van der Waals surface area contributed by atoms with Gasteiger partial charge in [0.25, 0.3) is 0 Å². The lowest BCUT2D eigenvalue weighted by atomic mass is 10.1. The van der Waals surface area contributed by atoms with Gasteiger partial charge in [-0.15, -0.1) is 5.10 Å². The number of anilines is 2. The van der Waals surface area contributed by atoms with Crippen LogP contribution in [0.15, 0.2) is 36.5 Å². The topological polar surface area (TPSA) is 47.0 Å². The highest BCUT2D eigenvalue weighted by Crippen LogP contribution is 2.36. The molecule has 3 rings (SSSR count). The summed E-state index contributed by atoms with van der Waals surface area (Å²) in [6.07, 6.45) is 1.67. The molecule has 0 atom stereocenters. The summed E-state index contributed by atoms with van der Waals surface area (Å²) in [5, 5.41) is 13.2. The van der Waals surface area contributed by atoms with Crippen LogP contribution in [-0.2, 0) is 0 Å². The fourth-order valence-corrected chi connectivity index (χ4v) is 2.71. The van der Waals surface area contributed by atoms with Crippen molar-refractivity contribution in [2.45, 2.75) is 13.8 Å². The summed E-state index contributed by atoms with van der Waals surface area (Å²) in [5.41, 5.74) is 4.61. The summed E-state index contributed by atoms with van der Waals surface area (Å²) in [4.78, 5) is 0. The number of hydrogen-bond acceptors (Lipinski definition) is 4. The molecule has 0 aliphatic carbocycles. The van der Waals surface area contributed by atoms with Crippen molar-refractivity contribution < 1.29 is 4.74 Å². The lowest BCUT2D eigenvalue weighted by Crippen LogP contribution is -2.00.